The summed E-state index contributed by atoms with van der Waals surface area (Å²) in [6.07, 6.45) is 0.320. The molecule has 1 aliphatic rings. The summed E-state index contributed by atoms with van der Waals surface area (Å²) in [7, 11) is 3.93. The molecule has 1 atom stereocenters. The molecule has 21 heavy (non-hydrogen) atoms. The SMILES string of the molecule is CN(C)CCNC(=O)C1CC(=O)N(Cc2ccccc2)C1. The standard InChI is InChI=1S/C16H23N3O2/c1-18(2)9-8-17-16(21)14-10-15(20)19(12-14)11-13-6-4-3-5-7-13/h3-7,14H,8-12H2,1-2H3,(H,17,21). The number of rotatable bonds is 6. The Morgan fingerprint density at radius 1 is 1.33 bits per heavy atom. The zero-order chi connectivity index (χ0) is 15.2. The van der Waals surface area contributed by atoms with Crippen LogP contribution in [0.2, 0.25) is 0 Å². The van der Waals surface area contributed by atoms with E-state index in [4.69, 9.17) is 0 Å². The van der Waals surface area contributed by atoms with E-state index in [1.54, 1.807) is 4.90 Å². The summed E-state index contributed by atoms with van der Waals surface area (Å²) in [5, 5.41) is 2.90. The van der Waals surface area contributed by atoms with Crippen molar-refractivity contribution >= 4 is 11.8 Å². The first-order chi connectivity index (χ1) is 10.1. The minimum absolute atomic E-state index is 0.0132. The van der Waals surface area contributed by atoms with E-state index < -0.39 is 0 Å². The lowest BCUT2D eigenvalue weighted by molar-refractivity contribution is -0.129. The number of hydrogen-bond donors (Lipinski definition) is 1. The minimum Gasteiger partial charge on any atom is -0.355 e. The van der Waals surface area contributed by atoms with Crippen molar-refractivity contribution in [1.29, 1.82) is 0 Å². The fraction of sp³-hybridized carbons (Fsp3) is 0.500. The number of amides is 2. The third-order valence-electron chi connectivity index (χ3n) is 3.66. The van der Waals surface area contributed by atoms with Gasteiger partial charge in [-0.05, 0) is 19.7 Å². The number of carbonyl (C=O) groups is 2. The molecule has 114 valence electrons. The lowest BCUT2D eigenvalue weighted by Gasteiger charge is -2.17. The van der Waals surface area contributed by atoms with Crippen LogP contribution in [-0.2, 0) is 16.1 Å². The molecule has 0 aromatic heterocycles. The van der Waals surface area contributed by atoms with Crippen LogP contribution in [-0.4, -0.2) is 55.3 Å². The van der Waals surface area contributed by atoms with Crippen molar-refractivity contribution in [2.75, 3.05) is 33.7 Å². The van der Waals surface area contributed by atoms with E-state index in [1.165, 1.54) is 0 Å². The van der Waals surface area contributed by atoms with Crippen molar-refractivity contribution in [3.8, 4) is 0 Å². The lowest BCUT2D eigenvalue weighted by Crippen LogP contribution is -2.36. The molecule has 1 aromatic carbocycles. The summed E-state index contributed by atoms with van der Waals surface area (Å²) in [6.45, 7) is 2.53. The van der Waals surface area contributed by atoms with E-state index in [0.717, 1.165) is 12.1 Å². The average molecular weight is 289 g/mol. The first-order valence-electron chi connectivity index (χ1n) is 7.30. The average Bonchev–Trinajstić information content (AvgIpc) is 2.81. The summed E-state index contributed by atoms with van der Waals surface area (Å²) in [4.78, 5) is 27.9. The molecule has 2 rings (SSSR count). The van der Waals surface area contributed by atoms with Gasteiger partial charge in [-0.1, -0.05) is 30.3 Å². The lowest BCUT2D eigenvalue weighted by atomic mass is 10.1. The Labute approximate surface area is 125 Å². The molecule has 1 unspecified atom stereocenters. The van der Waals surface area contributed by atoms with Gasteiger partial charge < -0.3 is 15.1 Å². The normalized spacial score (nSPS) is 18.3. The fourth-order valence-corrected chi connectivity index (χ4v) is 2.45. The Hall–Kier alpha value is -1.88. The third kappa shape index (κ3) is 4.56. The Balaban J connectivity index is 1.83. The van der Waals surface area contributed by atoms with Gasteiger partial charge in [0.2, 0.25) is 11.8 Å². The maximum absolute atomic E-state index is 12.1. The predicted molar refractivity (Wildman–Crippen MR) is 81.5 cm³/mol. The number of nitrogens with zero attached hydrogens (tertiary/aromatic N) is 2. The Morgan fingerprint density at radius 3 is 2.71 bits per heavy atom. The van der Waals surface area contributed by atoms with Crippen LogP contribution in [0.3, 0.4) is 0 Å². The largest absolute Gasteiger partial charge is 0.355 e. The second-order valence-electron chi connectivity index (χ2n) is 5.76. The summed E-state index contributed by atoms with van der Waals surface area (Å²) >= 11 is 0. The second kappa shape index (κ2) is 7.22. The first-order valence-corrected chi connectivity index (χ1v) is 7.30. The van der Waals surface area contributed by atoms with Crippen molar-refractivity contribution in [2.45, 2.75) is 13.0 Å². The van der Waals surface area contributed by atoms with Gasteiger partial charge in [0.1, 0.15) is 0 Å². The smallest absolute Gasteiger partial charge is 0.225 e. The van der Waals surface area contributed by atoms with E-state index in [-0.39, 0.29) is 17.7 Å². The van der Waals surface area contributed by atoms with Crippen LogP contribution in [0.25, 0.3) is 0 Å². The number of nitrogens with one attached hydrogen (secondary N) is 1. The highest BCUT2D eigenvalue weighted by molar-refractivity contribution is 5.89. The Kier molecular flexibility index (Phi) is 5.33. The van der Waals surface area contributed by atoms with Crippen LogP contribution >= 0.6 is 0 Å². The van der Waals surface area contributed by atoms with Gasteiger partial charge in [-0.3, -0.25) is 9.59 Å². The van der Waals surface area contributed by atoms with Gasteiger partial charge in [0.05, 0.1) is 5.92 Å². The van der Waals surface area contributed by atoms with Crippen molar-refractivity contribution in [2.24, 2.45) is 5.92 Å². The van der Waals surface area contributed by atoms with Crippen LogP contribution < -0.4 is 5.32 Å². The van der Waals surface area contributed by atoms with Crippen molar-refractivity contribution in [3.63, 3.8) is 0 Å². The van der Waals surface area contributed by atoms with Crippen molar-refractivity contribution in [3.05, 3.63) is 35.9 Å². The zero-order valence-electron chi connectivity index (χ0n) is 12.7. The fourth-order valence-electron chi connectivity index (χ4n) is 2.45. The summed E-state index contributed by atoms with van der Waals surface area (Å²) in [6, 6.07) is 9.87. The molecule has 2 amide bonds. The number of benzene rings is 1. The van der Waals surface area contributed by atoms with Gasteiger partial charge >= 0.3 is 0 Å². The molecular formula is C16H23N3O2. The molecule has 0 aliphatic carbocycles. The highest BCUT2D eigenvalue weighted by Crippen LogP contribution is 2.20. The van der Waals surface area contributed by atoms with Crippen molar-refractivity contribution in [1.82, 2.24) is 15.1 Å². The van der Waals surface area contributed by atoms with Gasteiger partial charge in [0, 0.05) is 32.6 Å². The molecule has 0 saturated carbocycles. The van der Waals surface area contributed by atoms with Crippen molar-refractivity contribution < 1.29 is 9.59 Å². The van der Waals surface area contributed by atoms with Crippen LogP contribution in [0.4, 0.5) is 0 Å². The van der Waals surface area contributed by atoms with E-state index >= 15 is 0 Å². The van der Waals surface area contributed by atoms with Crippen LogP contribution in [0.5, 0.6) is 0 Å². The number of carbonyl (C=O) groups excluding carboxylic acids is 2. The predicted octanol–water partition coefficient (Wildman–Crippen LogP) is 0.713. The topological polar surface area (TPSA) is 52.7 Å². The molecule has 0 bridgehead atoms. The molecule has 1 heterocycles. The molecule has 0 spiro atoms. The monoisotopic (exact) mass is 289 g/mol. The van der Waals surface area contributed by atoms with E-state index in [1.807, 2.05) is 49.3 Å². The van der Waals surface area contributed by atoms with E-state index in [9.17, 15) is 9.59 Å². The van der Waals surface area contributed by atoms with Gasteiger partial charge in [0.15, 0.2) is 0 Å². The molecule has 5 nitrogen and oxygen atoms in total. The van der Waals surface area contributed by atoms with Crippen LogP contribution in [0, 0.1) is 5.92 Å². The molecule has 1 N–H and O–H groups in total. The molecule has 1 saturated heterocycles. The first kappa shape index (κ1) is 15.5. The van der Waals surface area contributed by atoms with Gasteiger partial charge in [0.25, 0.3) is 0 Å². The van der Waals surface area contributed by atoms with Gasteiger partial charge in [-0.15, -0.1) is 0 Å². The molecule has 1 aromatic rings. The third-order valence-corrected chi connectivity index (χ3v) is 3.66. The minimum atomic E-state index is -0.219. The maximum Gasteiger partial charge on any atom is 0.225 e. The van der Waals surface area contributed by atoms with Crippen LogP contribution in [0.15, 0.2) is 30.3 Å². The quantitative estimate of drug-likeness (QED) is 0.839. The zero-order valence-corrected chi connectivity index (χ0v) is 12.7. The highest BCUT2D eigenvalue weighted by atomic mass is 16.2. The molecule has 0 radical (unpaired) electrons. The Bertz CT molecular complexity index is 488. The summed E-state index contributed by atoms with van der Waals surface area (Å²) in [5.41, 5.74) is 1.10. The molecule has 5 heteroatoms. The van der Waals surface area contributed by atoms with Crippen LogP contribution in [0.1, 0.15) is 12.0 Å². The highest BCUT2D eigenvalue weighted by Gasteiger charge is 2.33. The van der Waals surface area contributed by atoms with E-state index in [0.29, 0.717) is 26.1 Å². The second-order valence-corrected chi connectivity index (χ2v) is 5.76. The number of likely N-dealkylation sites (N-methyl/N-ethyl adjacent to an activating group) is 1. The summed E-state index contributed by atoms with van der Waals surface area (Å²) in [5.74, 6) is -0.171. The van der Waals surface area contributed by atoms with Gasteiger partial charge in [-0.2, -0.15) is 0 Å². The molecule has 1 aliphatic heterocycles. The van der Waals surface area contributed by atoms with E-state index in [2.05, 4.69) is 5.32 Å². The maximum atomic E-state index is 12.1. The molecular weight excluding hydrogens is 266 g/mol. The summed E-state index contributed by atoms with van der Waals surface area (Å²) < 4.78 is 0. The number of hydrogen-bond acceptors (Lipinski definition) is 3. The van der Waals surface area contributed by atoms with Gasteiger partial charge in [-0.25, -0.2) is 0 Å². The molecule has 1 fully saturated rings. The Morgan fingerprint density at radius 2 is 2.05 bits per heavy atom. The number of likely N-dealkylation sites (tertiary alicyclic amines) is 1.